The number of carbonyl (C=O) groups is 1. The number of aryl methyl sites for hydroxylation is 1. The normalized spacial score (nSPS) is 19.9. The van der Waals surface area contributed by atoms with Gasteiger partial charge in [-0.25, -0.2) is 19.2 Å². The van der Waals surface area contributed by atoms with Crippen LogP contribution in [0.15, 0.2) is 29.5 Å². The number of alkyl halides is 3. The number of halogens is 4. The van der Waals surface area contributed by atoms with Crippen LogP contribution in [0.4, 0.5) is 33.9 Å². The first-order valence-corrected chi connectivity index (χ1v) is 11.6. The highest BCUT2D eigenvalue weighted by molar-refractivity contribution is 5.90. The third kappa shape index (κ3) is 4.16. The molecule has 9 nitrogen and oxygen atoms in total. The zero-order valence-electron chi connectivity index (χ0n) is 19.7. The Kier molecular flexibility index (Phi) is 5.67. The number of anilines is 2. The molecule has 13 heteroatoms. The number of rotatable bonds is 2. The second-order valence-corrected chi connectivity index (χ2v) is 9.68. The van der Waals surface area contributed by atoms with E-state index in [9.17, 15) is 27.2 Å². The Morgan fingerprint density at radius 1 is 1.28 bits per heavy atom. The number of carbonyl (C=O) groups excluding carboxylic acids is 1. The van der Waals surface area contributed by atoms with Gasteiger partial charge in [0.05, 0.1) is 11.8 Å². The summed E-state index contributed by atoms with van der Waals surface area (Å²) < 4.78 is 54.5. The van der Waals surface area contributed by atoms with Crippen LogP contribution >= 0.6 is 0 Å². The van der Waals surface area contributed by atoms with E-state index in [1.807, 2.05) is 11.8 Å². The van der Waals surface area contributed by atoms with Crippen molar-refractivity contribution in [2.45, 2.75) is 37.9 Å². The lowest BCUT2D eigenvalue weighted by Gasteiger charge is -2.45. The molecule has 1 spiro atoms. The number of aromatic nitrogens is 4. The molecule has 2 amide bonds. The summed E-state index contributed by atoms with van der Waals surface area (Å²) >= 11 is 0. The van der Waals surface area contributed by atoms with Crippen LogP contribution in [-0.4, -0.2) is 55.6 Å². The quantitative estimate of drug-likeness (QED) is 0.515. The molecular weight excluding hydrogens is 482 g/mol. The summed E-state index contributed by atoms with van der Waals surface area (Å²) in [5.74, 6) is 0.225. The predicted molar refractivity (Wildman–Crippen MR) is 124 cm³/mol. The number of amides is 2. The largest absolute Gasteiger partial charge is 0.417 e. The van der Waals surface area contributed by atoms with Crippen molar-refractivity contribution in [3.63, 3.8) is 0 Å². The van der Waals surface area contributed by atoms with Gasteiger partial charge in [-0.3, -0.25) is 4.79 Å². The highest BCUT2D eigenvalue weighted by atomic mass is 19.4. The summed E-state index contributed by atoms with van der Waals surface area (Å²) in [4.78, 5) is 40.7. The second kappa shape index (κ2) is 8.49. The molecule has 0 radical (unpaired) electrons. The smallest absolute Gasteiger partial charge is 0.355 e. The van der Waals surface area contributed by atoms with Gasteiger partial charge in [0.1, 0.15) is 17.0 Å². The number of hydrogen-bond donors (Lipinski definition) is 2. The lowest BCUT2D eigenvalue weighted by molar-refractivity contribution is -0.138. The molecule has 2 aliphatic heterocycles. The van der Waals surface area contributed by atoms with Crippen molar-refractivity contribution in [3.05, 3.63) is 46.4 Å². The van der Waals surface area contributed by atoms with Gasteiger partial charge in [-0.2, -0.15) is 13.2 Å². The van der Waals surface area contributed by atoms with Crippen LogP contribution in [0.25, 0.3) is 11.2 Å². The Morgan fingerprint density at radius 3 is 2.69 bits per heavy atom. The Morgan fingerprint density at radius 2 is 2.00 bits per heavy atom. The van der Waals surface area contributed by atoms with Gasteiger partial charge in [0.2, 0.25) is 0 Å². The highest BCUT2D eigenvalue weighted by Crippen LogP contribution is 2.42. The van der Waals surface area contributed by atoms with Crippen molar-refractivity contribution in [1.82, 2.24) is 24.4 Å². The molecule has 0 aromatic carbocycles. The van der Waals surface area contributed by atoms with Gasteiger partial charge in [0.15, 0.2) is 11.5 Å². The van der Waals surface area contributed by atoms with Crippen LogP contribution < -0.4 is 15.8 Å². The lowest BCUT2D eigenvalue weighted by Crippen LogP contribution is -2.55. The van der Waals surface area contributed by atoms with Gasteiger partial charge < -0.3 is 24.7 Å². The van der Waals surface area contributed by atoms with Crippen LogP contribution in [0.3, 0.4) is 0 Å². The fraction of sp³-hybridized carbons (Fsp3) is 0.478. The molecule has 2 saturated heterocycles. The molecule has 192 valence electrons. The molecule has 0 saturated carbocycles. The van der Waals surface area contributed by atoms with Gasteiger partial charge in [0, 0.05) is 44.6 Å². The maximum Gasteiger partial charge on any atom is 0.417 e. The van der Waals surface area contributed by atoms with E-state index in [1.165, 1.54) is 13.2 Å². The standard InChI is InChI=1S/C23H25F4N7O2/c1-13-8-22(3-5-33(6-4-22)17-10-29-19-18(31-17)15(24)9-28-19)34(11-13)21(36)30-16-7-14(23(25,26)27)12-32(2)20(16)35/h7,9-10,12-13H,3-6,8,11H2,1-2H3,(H,28,29)(H,30,36). The van der Waals surface area contributed by atoms with Gasteiger partial charge >= 0.3 is 12.2 Å². The Hall–Kier alpha value is -3.64. The number of nitrogens with zero attached hydrogens (tertiary/aromatic N) is 5. The summed E-state index contributed by atoms with van der Waals surface area (Å²) in [5.41, 5.74) is -2.15. The Balaban J connectivity index is 1.35. The molecule has 5 rings (SSSR count). The van der Waals surface area contributed by atoms with Crippen LogP contribution in [0.5, 0.6) is 0 Å². The fourth-order valence-corrected chi connectivity index (χ4v) is 5.40. The average molecular weight is 507 g/mol. The minimum atomic E-state index is -4.66. The monoisotopic (exact) mass is 507 g/mol. The summed E-state index contributed by atoms with van der Waals surface area (Å²) in [7, 11) is 1.21. The van der Waals surface area contributed by atoms with Crippen LogP contribution in [0.2, 0.25) is 0 Å². The molecule has 1 unspecified atom stereocenters. The number of H-pyrrole nitrogens is 1. The maximum atomic E-state index is 14.0. The van der Waals surface area contributed by atoms with E-state index in [0.717, 1.165) is 11.0 Å². The average Bonchev–Trinajstić information content (AvgIpc) is 3.35. The molecule has 36 heavy (non-hydrogen) atoms. The Labute approximate surface area is 203 Å². The third-order valence-electron chi connectivity index (χ3n) is 7.13. The molecule has 3 aromatic rings. The van der Waals surface area contributed by atoms with Crippen molar-refractivity contribution in [1.29, 1.82) is 0 Å². The van der Waals surface area contributed by atoms with E-state index >= 15 is 0 Å². The minimum Gasteiger partial charge on any atom is -0.355 e. The first-order valence-electron chi connectivity index (χ1n) is 11.6. The summed E-state index contributed by atoms with van der Waals surface area (Å²) in [5, 5.41) is 2.44. The van der Waals surface area contributed by atoms with Crippen LogP contribution in [0, 0.1) is 11.7 Å². The SMILES string of the molecule is CC1CN(C(=O)Nc2cc(C(F)(F)F)cn(C)c2=O)C2(CCN(c3cnc4[nH]cc(F)c4n3)CC2)C1. The van der Waals surface area contributed by atoms with Gasteiger partial charge in [-0.15, -0.1) is 0 Å². The fourth-order valence-electron chi connectivity index (χ4n) is 5.40. The molecule has 1 atom stereocenters. The minimum absolute atomic E-state index is 0.158. The predicted octanol–water partition coefficient (Wildman–Crippen LogP) is 3.73. The number of pyridine rings is 1. The van der Waals surface area contributed by atoms with E-state index in [-0.39, 0.29) is 11.4 Å². The molecule has 0 bridgehead atoms. The zero-order valence-corrected chi connectivity index (χ0v) is 19.7. The van der Waals surface area contributed by atoms with Crippen molar-refractivity contribution >= 4 is 28.7 Å². The molecule has 2 N–H and O–H groups in total. The summed E-state index contributed by atoms with van der Waals surface area (Å²) in [6.45, 7) is 3.51. The molecular formula is C23H25F4N7O2. The maximum absolute atomic E-state index is 14.0. The van der Waals surface area contributed by atoms with E-state index in [0.29, 0.717) is 56.2 Å². The molecule has 2 fully saturated rings. The van der Waals surface area contributed by atoms with Crippen molar-refractivity contribution < 1.29 is 22.4 Å². The van der Waals surface area contributed by atoms with Gasteiger partial charge in [-0.05, 0) is 31.2 Å². The van der Waals surface area contributed by atoms with E-state index in [2.05, 4.69) is 20.3 Å². The number of fused-ring (bicyclic) bond motifs is 1. The first-order chi connectivity index (χ1) is 17.0. The van der Waals surface area contributed by atoms with Crippen molar-refractivity contribution in [3.8, 4) is 0 Å². The van der Waals surface area contributed by atoms with Crippen LogP contribution in [-0.2, 0) is 13.2 Å². The zero-order chi connectivity index (χ0) is 25.8. The number of aromatic amines is 1. The molecule has 0 aliphatic carbocycles. The molecule has 2 aliphatic rings. The van der Waals surface area contributed by atoms with Crippen molar-refractivity contribution in [2.24, 2.45) is 13.0 Å². The van der Waals surface area contributed by atoms with E-state index < -0.39 is 40.4 Å². The number of likely N-dealkylation sites (tertiary alicyclic amines) is 1. The highest BCUT2D eigenvalue weighted by Gasteiger charge is 2.48. The third-order valence-corrected chi connectivity index (χ3v) is 7.13. The van der Waals surface area contributed by atoms with Gasteiger partial charge in [-0.1, -0.05) is 6.92 Å². The summed E-state index contributed by atoms with van der Waals surface area (Å²) in [6.07, 6.45) is 0.714. The summed E-state index contributed by atoms with van der Waals surface area (Å²) in [6, 6.07) is 0.0732. The van der Waals surface area contributed by atoms with E-state index in [4.69, 9.17) is 0 Å². The van der Waals surface area contributed by atoms with Gasteiger partial charge in [0.25, 0.3) is 5.56 Å². The number of hydrogen-bond acceptors (Lipinski definition) is 5. The topological polar surface area (TPSA) is 99.1 Å². The lowest BCUT2D eigenvalue weighted by atomic mass is 9.83. The van der Waals surface area contributed by atoms with E-state index in [1.54, 1.807) is 11.1 Å². The molecule has 5 heterocycles. The molecule has 3 aromatic heterocycles. The number of nitrogens with one attached hydrogen (secondary N) is 2. The van der Waals surface area contributed by atoms with Crippen LogP contribution in [0.1, 0.15) is 31.7 Å². The Bertz CT molecular complexity index is 1380. The first kappa shape index (κ1) is 24.1. The second-order valence-electron chi connectivity index (χ2n) is 9.68. The van der Waals surface area contributed by atoms with Crippen molar-refractivity contribution in [2.75, 3.05) is 29.9 Å². The number of urea groups is 1. The number of piperidine rings is 1.